The van der Waals surface area contributed by atoms with Crippen molar-refractivity contribution in [3.63, 3.8) is 0 Å². The van der Waals surface area contributed by atoms with E-state index in [0.29, 0.717) is 11.3 Å². The predicted molar refractivity (Wildman–Crippen MR) is 60.4 cm³/mol. The molecular weight excluding hydrogens is 268 g/mol. The Bertz CT molecular complexity index is 565. The number of sulfonamides is 1. The zero-order valence-corrected chi connectivity index (χ0v) is 10.6. The van der Waals surface area contributed by atoms with E-state index in [4.69, 9.17) is 0 Å². The molecule has 7 nitrogen and oxygen atoms in total. The van der Waals surface area contributed by atoms with Crippen LogP contribution in [0.15, 0.2) is 9.00 Å². The molecule has 1 fully saturated rings. The Balaban J connectivity index is 2.38. The van der Waals surface area contributed by atoms with Gasteiger partial charge in [0, 0.05) is 18.8 Å². The number of nitrogens with one attached hydrogen (secondary N) is 1. The lowest BCUT2D eigenvalue weighted by atomic mass is 10.3. The summed E-state index contributed by atoms with van der Waals surface area (Å²) in [7, 11) is -3.81. The first-order chi connectivity index (χ1) is 7.82. The van der Waals surface area contributed by atoms with E-state index >= 15 is 0 Å². The molecule has 0 radical (unpaired) electrons. The van der Waals surface area contributed by atoms with Crippen LogP contribution in [-0.2, 0) is 10.0 Å². The minimum absolute atomic E-state index is 0.0659. The van der Waals surface area contributed by atoms with Gasteiger partial charge in [0.2, 0.25) is 0 Å². The SMILES string of the molecule is Cc1[nH]c(=O)sc1S(=O)(=O)N1CC(O)C(O)C1. The lowest BCUT2D eigenvalue weighted by Crippen LogP contribution is -2.29. The summed E-state index contributed by atoms with van der Waals surface area (Å²) in [4.78, 5) is 13.0. The zero-order valence-electron chi connectivity index (χ0n) is 8.95. The molecule has 0 bridgehead atoms. The van der Waals surface area contributed by atoms with Crippen LogP contribution in [0.25, 0.3) is 0 Å². The molecule has 1 aromatic heterocycles. The van der Waals surface area contributed by atoms with Gasteiger partial charge in [0.25, 0.3) is 10.0 Å². The number of aromatic amines is 1. The molecule has 1 saturated heterocycles. The summed E-state index contributed by atoms with van der Waals surface area (Å²) in [6.45, 7) is 1.18. The van der Waals surface area contributed by atoms with E-state index in [1.807, 2.05) is 0 Å². The van der Waals surface area contributed by atoms with Gasteiger partial charge in [-0.05, 0) is 6.92 Å². The predicted octanol–water partition coefficient (Wildman–Crippen LogP) is -1.53. The van der Waals surface area contributed by atoms with Gasteiger partial charge < -0.3 is 15.2 Å². The average molecular weight is 280 g/mol. The van der Waals surface area contributed by atoms with Gasteiger partial charge in [0.1, 0.15) is 0 Å². The van der Waals surface area contributed by atoms with Crippen LogP contribution >= 0.6 is 11.3 Å². The van der Waals surface area contributed by atoms with E-state index < -0.39 is 27.1 Å². The van der Waals surface area contributed by atoms with Gasteiger partial charge in [-0.2, -0.15) is 4.31 Å². The van der Waals surface area contributed by atoms with E-state index in [2.05, 4.69) is 4.98 Å². The third kappa shape index (κ3) is 2.16. The topological polar surface area (TPSA) is 111 Å². The Kier molecular flexibility index (Phi) is 3.12. The van der Waals surface area contributed by atoms with Crippen molar-refractivity contribution in [2.75, 3.05) is 13.1 Å². The summed E-state index contributed by atoms with van der Waals surface area (Å²) in [6, 6.07) is 0. The Morgan fingerprint density at radius 1 is 1.35 bits per heavy atom. The van der Waals surface area contributed by atoms with Gasteiger partial charge in [-0.15, -0.1) is 0 Å². The number of thiazole rings is 1. The standard InChI is InChI=1S/C8H12N2O5S2/c1-4-7(16-8(13)9-4)17(14,15)10-2-5(11)6(12)3-10/h5-6,11-12H,2-3H2,1H3,(H,9,13). The molecule has 9 heteroatoms. The number of aromatic nitrogens is 1. The third-order valence-corrected chi connectivity index (χ3v) is 5.99. The van der Waals surface area contributed by atoms with Crippen LogP contribution in [-0.4, -0.2) is 53.2 Å². The van der Waals surface area contributed by atoms with Crippen molar-refractivity contribution in [1.82, 2.24) is 9.29 Å². The quantitative estimate of drug-likeness (QED) is 0.609. The van der Waals surface area contributed by atoms with Crippen molar-refractivity contribution < 1.29 is 18.6 Å². The van der Waals surface area contributed by atoms with E-state index in [1.54, 1.807) is 0 Å². The summed E-state index contributed by atoms with van der Waals surface area (Å²) in [5, 5.41) is 18.7. The third-order valence-electron chi connectivity index (χ3n) is 2.58. The van der Waals surface area contributed by atoms with E-state index in [-0.39, 0.29) is 23.0 Å². The number of aliphatic hydroxyl groups is 2. The molecule has 1 aliphatic rings. The highest BCUT2D eigenvalue weighted by Gasteiger charge is 2.39. The second kappa shape index (κ2) is 4.18. The number of hydrogen-bond acceptors (Lipinski definition) is 6. The second-order valence-electron chi connectivity index (χ2n) is 3.88. The van der Waals surface area contributed by atoms with Crippen molar-refractivity contribution in [2.45, 2.75) is 23.3 Å². The monoisotopic (exact) mass is 280 g/mol. The summed E-state index contributed by atoms with van der Waals surface area (Å²) in [6.07, 6.45) is -2.17. The minimum atomic E-state index is -3.81. The maximum atomic E-state index is 12.1. The highest BCUT2D eigenvalue weighted by Crippen LogP contribution is 2.24. The first kappa shape index (κ1) is 12.7. The minimum Gasteiger partial charge on any atom is -0.389 e. The first-order valence-corrected chi connectivity index (χ1v) is 7.14. The fourth-order valence-corrected chi connectivity index (χ4v) is 4.60. The molecule has 2 heterocycles. The smallest absolute Gasteiger partial charge is 0.305 e. The number of H-pyrrole nitrogens is 1. The summed E-state index contributed by atoms with van der Waals surface area (Å²) in [5.41, 5.74) is 0.274. The molecule has 17 heavy (non-hydrogen) atoms. The lowest BCUT2D eigenvalue weighted by molar-refractivity contribution is 0.0572. The Morgan fingerprint density at radius 2 is 1.88 bits per heavy atom. The van der Waals surface area contributed by atoms with Crippen LogP contribution in [0.1, 0.15) is 5.69 Å². The molecule has 2 unspecified atom stereocenters. The van der Waals surface area contributed by atoms with E-state index in [1.165, 1.54) is 6.92 Å². The van der Waals surface area contributed by atoms with Gasteiger partial charge >= 0.3 is 4.87 Å². The van der Waals surface area contributed by atoms with Crippen molar-refractivity contribution in [1.29, 1.82) is 0 Å². The zero-order chi connectivity index (χ0) is 12.8. The molecular formula is C8H12N2O5S2. The van der Waals surface area contributed by atoms with Crippen LogP contribution in [0.3, 0.4) is 0 Å². The van der Waals surface area contributed by atoms with Crippen molar-refractivity contribution >= 4 is 21.4 Å². The molecule has 2 atom stereocenters. The number of nitrogens with zero attached hydrogens (tertiary/aromatic N) is 1. The molecule has 96 valence electrons. The molecule has 1 aliphatic heterocycles. The van der Waals surface area contributed by atoms with Gasteiger partial charge in [-0.1, -0.05) is 11.3 Å². The molecule has 3 N–H and O–H groups in total. The molecule has 0 amide bonds. The second-order valence-corrected chi connectivity index (χ2v) is 7.00. The van der Waals surface area contributed by atoms with Crippen molar-refractivity contribution in [2.24, 2.45) is 0 Å². The van der Waals surface area contributed by atoms with Gasteiger partial charge in [-0.25, -0.2) is 8.42 Å². The number of rotatable bonds is 2. The van der Waals surface area contributed by atoms with Gasteiger partial charge in [0.15, 0.2) is 4.21 Å². The normalized spacial score (nSPS) is 26.5. The molecule has 1 aromatic rings. The van der Waals surface area contributed by atoms with Gasteiger partial charge in [0.05, 0.1) is 12.2 Å². The summed E-state index contributed by atoms with van der Waals surface area (Å²) in [5.74, 6) is 0. The first-order valence-electron chi connectivity index (χ1n) is 4.88. The number of β-amino-alcohol motifs (C(OH)–C–C–N with tert-alkyl or cyclic N) is 2. The average Bonchev–Trinajstić information content (AvgIpc) is 2.72. The number of aryl methyl sites for hydroxylation is 1. The maximum Gasteiger partial charge on any atom is 0.305 e. The van der Waals surface area contributed by atoms with Crippen molar-refractivity contribution in [3.05, 3.63) is 15.4 Å². The van der Waals surface area contributed by atoms with Crippen LogP contribution in [0.4, 0.5) is 0 Å². The molecule has 0 spiro atoms. The summed E-state index contributed by atoms with van der Waals surface area (Å²) >= 11 is 0.607. The highest BCUT2D eigenvalue weighted by molar-refractivity contribution is 7.91. The molecule has 0 aromatic carbocycles. The molecule has 2 rings (SSSR count). The number of aliphatic hydroxyl groups excluding tert-OH is 2. The van der Waals surface area contributed by atoms with Crippen LogP contribution in [0.5, 0.6) is 0 Å². The Labute approximate surface area is 101 Å². The fraction of sp³-hybridized carbons (Fsp3) is 0.625. The Morgan fingerprint density at radius 3 is 2.29 bits per heavy atom. The number of hydrogen-bond donors (Lipinski definition) is 3. The molecule has 0 aliphatic carbocycles. The van der Waals surface area contributed by atoms with Crippen LogP contribution < -0.4 is 4.87 Å². The highest BCUT2D eigenvalue weighted by atomic mass is 32.2. The summed E-state index contributed by atoms with van der Waals surface area (Å²) < 4.78 is 25.1. The van der Waals surface area contributed by atoms with Crippen molar-refractivity contribution in [3.8, 4) is 0 Å². The van der Waals surface area contributed by atoms with Crippen LogP contribution in [0, 0.1) is 6.92 Å². The van der Waals surface area contributed by atoms with Crippen LogP contribution in [0.2, 0.25) is 0 Å². The van der Waals surface area contributed by atoms with Gasteiger partial charge in [-0.3, -0.25) is 4.79 Å². The van der Waals surface area contributed by atoms with E-state index in [9.17, 15) is 23.4 Å². The fourth-order valence-electron chi connectivity index (χ4n) is 1.69. The maximum absolute atomic E-state index is 12.1. The largest absolute Gasteiger partial charge is 0.389 e. The molecule has 0 saturated carbocycles. The lowest BCUT2D eigenvalue weighted by Gasteiger charge is -2.14. The Hall–Kier alpha value is -0.740. The van der Waals surface area contributed by atoms with E-state index in [0.717, 1.165) is 4.31 Å².